The summed E-state index contributed by atoms with van der Waals surface area (Å²) in [5.74, 6) is -0.568. The molecule has 2 heterocycles. The SMILES string of the molecule is NC(=O)c1ccc(S(=O)(=O)N2CCN(Cc3cccs3)CC2)cc1. The maximum absolute atomic E-state index is 12.7. The molecule has 6 nitrogen and oxygen atoms in total. The van der Waals surface area contributed by atoms with Gasteiger partial charge in [0.05, 0.1) is 4.90 Å². The van der Waals surface area contributed by atoms with Crippen molar-refractivity contribution in [2.75, 3.05) is 26.2 Å². The molecule has 1 aliphatic rings. The Labute approximate surface area is 145 Å². The minimum atomic E-state index is -3.53. The van der Waals surface area contributed by atoms with Crippen molar-refractivity contribution >= 4 is 27.3 Å². The monoisotopic (exact) mass is 365 g/mol. The van der Waals surface area contributed by atoms with Gasteiger partial charge in [-0.15, -0.1) is 11.3 Å². The van der Waals surface area contributed by atoms with E-state index in [9.17, 15) is 13.2 Å². The van der Waals surface area contributed by atoms with Gasteiger partial charge in [0.2, 0.25) is 15.9 Å². The second kappa shape index (κ2) is 7.02. The van der Waals surface area contributed by atoms with Crippen LogP contribution in [0.3, 0.4) is 0 Å². The zero-order chi connectivity index (χ0) is 17.2. The molecule has 1 fully saturated rings. The third kappa shape index (κ3) is 3.67. The highest BCUT2D eigenvalue weighted by Crippen LogP contribution is 2.20. The number of piperazine rings is 1. The topological polar surface area (TPSA) is 83.7 Å². The van der Waals surface area contributed by atoms with E-state index >= 15 is 0 Å². The van der Waals surface area contributed by atoms with Gasteiger partial charge < -0.3 is 5.73 Å². The van der Waals surface area contributed by atoms with E-state index in [-0.39, 0.29) is 4.90 Å². The van der Waals surface area contributed by atoms with Crippen LogP contribution in [-0.2, 0) is 16.6 Å². The molecule has 0 aliphatic carbocycles. The molecule has 1 aliphatic heterocycles. The number of hydrogen-bond acceptors (Lipinski definition) is 5. The van der Waals surface area contributed by atoms with Crippen LogP contribution in [0.5, 0.6) is 0 Å². The van der Waals surface area contributed by atoms with Crippen LogP contribution in [-0.4, -0.2) is 49.7 Å². The molecule has 0 bridgehead atoms. The second-order valence-electron chi connectivity index (χ2n) is 5.65. The molecule has 2 aromatic rings. The average molecular weight is 365 g/mol. The lowest BCUT2D eigenvalue weighted by molar-refractivity contribution is 0.1000. The Kier molecular flexibility index (Phi) is 5.00. The molecule has 1 aromatic carbocycles. The summed E-state index contributed by atoms with van der Waals surface area (Å²) in [6, 6.07) is 9.88. The Morgan fingerprint density at radius 2 is 1.75 bits per heavy atom. The third-order valence-electron chi connectivity index (χ3n) is 4.07. The maximum atomic E-state index is 12.7. The molecule has 3 rings (SSSR count). The Morgan fingerprint density at radius 1 is 1.08 bits per heavy atom. The molecular weight excluding hydrogens is 346 g/mol. The number of nitrogens with two attached hydrogens (primary N) is 1. The smallest absolute Gasteiger partial charge is 0.248 e. The fraction of sp³-hybridized carbons (Fsp3) is 0.312. The molecule has 1 saturated heterocycles. The van der Waals surface area contributed by atoms with Crippen molar-refractivity contribution in [1.29, 1.82) is 0 Å². The number of nitrogens with zero attached hydrogens (tertiary/aromatic N) is 2. The first-order valence-electron chi connectivity index (χ1n) is 7.61. The number of amides is 1. The van der Waals surface area contributed by atoms with Crippen LogP contribution < -0.4 is 5.73 Å². The van der Waals surface area contributed by atoms with Gasteiger partial charge in [0, 0.05) is 43.2 Å². The summed E-state index contributed by atoms with van der Waals surface area (Å²) in [4.78, 5) is 14.8. The molecule has 0 saturated carbocycles. The van der Waals surface area contributed by atoms with Gasteiger partial charge in [-0.25, -0.2) is 8.42 Å². The molecular formula is C16H19N3O3S2. The minimum Gasteiger partial charge on any atom is -0.366 e. The van der Waals surface area contributed by atoms with Gasteiger partial charge in [0.25, 0.3) is 0 Å². The summed E-state index contributed by atoms with van der Waals surface area (Å²) >= 11 is 1.71. The van der Waals surface area contributed by atoms with Gasteiger partial charge in [-0.3, -0.25) is 9.69 Å². The fourth-order valence-electron chi connectivity index (χ4n) is 2.69. The van der Waals surface area contributed by atoms with Crippen LogP contribution in [0.25, 0.3) is 0 Å². The third-order valence-corrected chi connectivity index (χ3v) is 6.84. The number of carbonyl (C=O) groups excluding carboxylic acids is 1. The molecule has 0 atom stereocenters. The standard InChI is InChI=1S/C16H19N3O3S2/c17-16(20)13-3-5-15(6-4-13)24(21,22)19-9-7-18(8-10-19)12-14-2-1-11-23-14/h1-6,11H,7-10,12H2,(H2,17,20). The van der Waals surface area contributed by atoms with Crippen LogP contribution in [0, 0.1) is 0 Å². The molecule has 128 valence electrons. The molecule has 1 amide bonds. The highest BCUT2D eigenvalue weighted by molar-refractivity contribution is 7.89. The molecule has 0 unspecified atom stereocenters. The molecule has 2 N–H and O–H groups in total. The Hall–Kier alpha value is -1.74. The van der Waals surface area contributed by atoms with E-state index < -0.39 is 15.9 Å². The van der Waals surface area contributed by atoms with E-state index in [2.05, 4.69) is 11.0 Å². The van der Waals surface area contributed by atoms with Crippen LogP contribution in [0.1, 0.15) is 15.2 Å². The van der Waals surface area contributed by atoms with Crippen LogP contribution in [0.4, 0.5) is 0 Å². The van der Waals surface area contributed by atoms with Crippen molar-refractivity contribution in [2.24, 2.45) is 5.73 Å². The fourth-order valence-corrected chi connectivity index (χ4v) is 4.86. The summed E-state index contributed by atoms with van der Waals surface area (Å²) in [7, 11) is -3.53. The molecule has 24 heavy (non-hydrogen) atoms. The first-order chi connectivity index (χ1) is 11.5. The van der Waals surface area contributed by atoms with E-state index in [1.807, 2.05) is 11.4 Å². The average Bonchev–Trinajstić information content (AvgIpc) is 3.08. The summed E-state index contributed by atoms with van der Waals surface area (Å²) in [5.41, 5.74) is 5.48. The first-order valence-corrected chi connectivity index (χ1v) is 9.93. The predicted octanol–water partition coefficient (Wildman–Crippen LogP) is 1.35. The minimum absolute atomic E-state index is 0.194. The predicted molar refractivity (Wildman–Crippen MR) is 93.3 cm³/mol. The highest BCUT2D eigenvalue weighted by Gasteiger charge is 2.28. The van der Waals surface area contributed by atoms with Gasteiger partial charge in [0.1, 0.15) is 0 Å². The number of carbonyl (C=O) groups is 1. The van der Waals surface area contributed by atoms with E-state index in [1.165, 1.54) is 33.4 Å². The van der Waals surface area contributed by atoms with Crippen LogP contribution in [0.2, 0.25) is 0 Å². The van der Waals surface area contributed by atoms with Crippen molar-refractivity contribution in [3.63, 3.8) is 0 Å². The first kappa shape index (κ1) is 17.1. The summed E-state index contributed by atoms with van der Waals surface area (Å²) in [5, 5.41) is 2.05. The number of rotatable bonds is 5. The van der Waals surface area contributed by atoms with Gasteiger partial charge in [-0.1, -0.05) is 6.07 Å². The normalized spacial score (nSPS) is 17.0. The highest BCUT2D eigenvalue weighted by atomic mass is 32.2. The Balaban J connectivity index is 1.65. The summed E-state index contributed by atoms with van der Waals surface area (Å²) in [6.07, 6.45) is 0. The Morgan fingerprint density at radius 3 is 2.29 bits per heavy atom. The van der Waals surface area contributed by atoms with Gasteiger partial charge in [0.15, 0.2) is 0 Å². The lowest BCUT2D eigenvalue weighted by Crippen LogP contribution is -2.48. The maximum Gasteiger partial charge on any atom is 0.248 e. The van der Waals surface area contributed by atoms with Crippen molar-refractivity contribution in [3.05, 3.63) is 52.2 Å². The van der Waals surface area contributed by atoms with Crippen molar-refractivity contribution in [1.82, 2.24) is 9.21 Å². The van der Waals surface area contributed by atoms with Crippen molar-refractivity contribution in [3.8, 4) is 0 Å². The Bertz CT molecular complexity index is 794. The van der Waals surface area contributed by atoms with Crippen molar-refractivity contribution < 1.29 is 13.2 Å². The number of thiophene rings is 1. The van der Waals surface area contributed by atoms with E-state index in [0.717, 1.165) is 6.54 Å². The molecule has 8 heteroatoms. The van der Waals surface area contributed by atoms with E-state index in [4.69, 9.17) is 5.73 Å². The van der Waals surface area contributed by atoms with Gasteiger partial charge in [-0.2, -0.15) is 4.31 Å². The van der Waals surface area contributed by atoms with Crippen LogP contribution in [0.15, 0.2) is 46.7 Å². The molecule has 1 aromatic heterocycles. The van der Waals surface area contributed by atoms with Gasteiger partial charge in [-0.05, 0) is 35.7 Å². The van der Waals surface area contributed by atoms with Crippen LogP contribution >= 0.6 is 11.3 Å². The lowest BCUT2D eigenvalue weighted by Gasteiger charge is -2.33. The summed E-state index contributed by atoms with van der Waals surface area (Å²) in [6.45, 7) is 3.20. The number of primary amides is 1. The largest absolute Gasteiger partial charge is 0.366 e. The zero-order valence-corrected chi connectivity index (χ0v) is 14.7. The van der Waals surface area contributed by atoms with E-state index in [0.29, 0.717) is 31.7 Å². The number of benzene rings is 1. The number of hydrogen-bond donors (Lipinski definition) is 1. The quantitative estimate of drug-likeness (QED) is 0.867. The molecule has 0 spiro atoms. The number of sulfonamides is 1. The zero-order valence-electron chi connectivity index (χ0n) is 13.1. The summed E-state index contributed by atoms with van der Waals surface area (Å²) < 4.78 is 26.9. The lowest BCUT2D eigenvalue weighted by atomic mass is 10.2. The second-order valence-corrected chi connectivity index (χ2v) is 8.62. The van der Waals surface area contributed by atoms with Crippen molar-refractivity contribution in [2.45, 2.75) is 11.4 Å². The van der Waals surface area contributed by atoms with Gasteiger partial charge >= 0.3 is 0 Å². The molecule has 0 radical (unpaired) electrons. The van der Waals surface area contributed by atoms with E-state index in [1.54, 1.807) is 11.3 Å².